The van der Waals surface area contributed by atoms with E-state index in [1.165, 1.54) is 25.2 Å². The smallest absolute Gasteiger partial charge is 0.240 e. The lowest BCUT2D eigenvalue weighted by Crippen LogP contribution is -2.33. The average molecular weight is 301 g/mol. The predicted molar refractivity (Wildman–Crippen MR) is 81.1 cm³/mol. The van der Waals surface area contributed by atoms with Gasteiger partial charge in [0.25, 0.3) is 0 Å². The fourth-order valence-corrected chi connectivity index (χ4v) is 2.64. The molecule has 0 aliphatic heterocycles. The second kappa shape index (κ2) is 6.43. The molecule has 5 N–H and O–H groups in total. The zero-order valence-corrected chi connectivity index (χ0v) is 12.9. The minimum absolute atomic E-state index is 0.131. The summed E-state index contributed by atoms with van der Waals surface area (Å²) in [7, 11) is -2.16. The van der Waals surface area contributed by atoms with Crippen molar-refractivity contribution in [2.24, 2.45) is 0 Å². The number of rotatable bonds is 7. The molecule has 0 bridgehead atoms. The van der Waals surface area contributed by atoms with Gasteiger partial charge in [-0.3, -0.25) is 0 Å². The molecule has 0 aliphatic rings. The molecule has 1 atom stereocenters. The molecular weight excluding hydrogens is 278 g/mol. The Morgan fingerprint density at radius 1 is 1.40 bits per heavy atom. The van der Waals surface area contributed by atoms with Crippen LogP contribution >= 0.6 is 0 Å². The van der Waals surface area contributed by atoms with E-state index in [0.717, 1.165) is 6.42 Å². The first kappa shape index (κ1) is 16.7. The molecular formula is C13H23N3O3S. The fourth-order valence-electron chi connectivity index (χ4n) is 1.89. The number of sulfonamides is 1. The number of aliphatic hydroxyl groups is 1. The Kier molecular flexibility index (Phi) is 5.38. The van der Waals surface area contributed by atoms with E-state index in [4.69, 9.17) is 5.73 Å². The summed E-state index contributed by atoms with van der Waals surface area (Å²) in [6, 6.07) is 4.43. The predicted octanol–water partition coefficient (Wildman–Crippen LogP) is 1.14. The summed E-state index contributed by atoms with van der Waals surface area (Å²) in [5.74, 6) is 0. The molecule has 0 heterocycles. The van der Waals surface area contributed by atoms with Crippen LogP contribution in [0.25, 0.3) is 0 Å². The van der Waals surface area contributed by atoms with Crippen molar-refractivity contribution in [2.75, 3.05) is 24.6 Å². The van der Waals surface area contributed by atoms with Crippen LogP contribution in [-0.2, 0) is 10.0 Å². The largest absolute Gasteiger partial charge is 0.397 e. The molecule has 114 valence electrons. The molecule has 0 fully saturated rings. The van der Waals surface area contributed by atoms with Crippen molar-refractivity contribution in [3.63, 3.8) is 0 Å². The van der Waals surface area contributed by atoms with Crippen molar-refractivity contribution in [1.29, 1.82) is 0 Å². The Morgan fingerprint density at radius 3 is 2.60 bits per heavy atom. The maximum atomic E-state index is 11.7. The second-order valence-electron chi connectivity index (χ2n) is 5.06. The molecule has 0 spiro atoms. The zero-order valence-electron chi connectivity index (χ0n) is 12.1. The average Bonchev–Trinajstić information content (AvgIpc) is 2.37. The highest BCUT2D eigenvalue weighted by Crippen LogP contribution is 2.24. The molecule has 6 nitrogen and oxygen atoms in total. The van der Waals surface area contributed by atoms with Gasteiger partial charge in [0.15, 0.2) is 0 Å². The number of benzene rings is 1. The SMILES string of the molecule is CCCC(C)(O)CNc1cc(S(=O)(=O)NC)ccc1N. The van der Waals surface area contributed by atoms with E-state index in [9.17, 15) is 13.5 Å². The molecule has 0 radical (unpaired) electrons. The molecule has 1 rings (SSSR count). The summed E-state index contributed by atoms with van der Waals surface area (Å²) in [4.78, 5) is 0.131. The topological polar surface area (TPSA) is 104 Å². The van der Waals surface area contributed by atoms with Gasteiger partial charge >= 0.3 is 0 Å². The highest BCUT2D eigenvalue weighted by molar-refractivity contribution is 7.89. The van der Waals surface area contributed by atoms with Gasteiger partial charge in [0, 0.05) is 6.54 Å². The van der Waals surface area contributed by atoms with Gasteiger partial charge in [-0.1, -0.05) is 13.3 Å². The molecule has 7 heteroatoms. The van der Waals surface area contributed by atoms with Crippen LogP contribution in [0.2, 0.25) is 0 Å². The van der Waals surface area contributed by atoms with Crippen molar-refractivity contribution in [1.82, 2.24) is 4.72 Å². The summed E-state index contributed by atoms with van der Waals surface area (Å²) in [6.45, 7) is 4.02. The number of nitrogen functional groups attached to an aromatic ring is 1. The van der Waals surface area contributed by atoms with Crippen molar-refractivity contribution in [3.8, 4) is 0 Å². The van der Waals surface area contributed by atoms with Gasteiger partial charge in [-0.2, -0.15) is 0 Å². The Morgan fingerprint density at radius 2 is 2.05 bits per heavy atom. The highest BCUT2D eigenvalue weighted by Gasteiger charge is 2.20. The monoisotopic (exact) mass is 301 g/mol. The Balaban J connectivity index is 2.93. The van der Waals surface area contributed by atoms with Gasteiger partial charge < -0.3 is 16.2 Å². The van der Waals surface area contributed by atoms with Gasteiger partial charge in [-0.15, -0.1) is 0 Å². The molecule has 20 heavy (non-hydrogen) atoms. The number of nitrogens with one attached hydrogen (secondary N) is 2. The van der Waals surface area contributed by atoms with Gasteiger partial charge in [0.2, 0.25) is 10.0 Å². The lowest BCUT2D eigenvalue weighted by atomic mass is 10.0. The third kappa shape index (κ3) is 4.36. The Bertz CT molecular complexity index is 556. The summed E-state index contributed by atoms with van der Waals surface area (Å²) >= 11 is 0. The molecule has 1 unspecified atom stereocenters. The van der Waals surface area contributed by atoms with E-state index in [0.29, 0.717) is 24.3 Å². The lowest BCUT2D eigenvalue weighted by molar-refractivity contribution is 0.0637. The van der Waals surface area contributed by atoms with Crippen LogP contribution in [0, 0.1) is 0 Å². The van der Waals surface area contributed by atoms with Crippen LogP contribution in [0.15, 0.2) is 23.1 Å². The van der Waals surface area contributed by atoms with Crippen LogP contribution < -0.4 is 15.8 Å². The van der Waals surface area contributed by atoms with Crippen LogP contribution in [0.5, 0.6) is 0 Å². The third-order valence-corrected chi connectivity index (χ3v) is 4.46. The van der Waals surface area contributed by atoms with Crippen molar-refractivity contribution < 1.29 is 13.5 Å². The molecule has 0 aromatic heterocycles. The first-order valence-corrected chi connectivity index (χ1v) is 7.99. The second-order valence-corrected chi connectivity index (χ2v) is 6.94. The molecule has 1 aromatic carbocycles. The molecule has 1 aromatic rings. The van der Waals surface area contributed by atoms with Crippen molar-refractivity contribution in [3.05, 3.63) is 18.2 Å². The minimum atomic E-state index is -3.51. The van der Waals surface area contributed by atoms with E-state index in [1.54, 1.807) is 6.92 Å². The van der Waals surface area contributed by atoms with E-state index in [2.05, 4.69) is 10.0 Å². The molecule has 0 saturated heterocycles. The highest BCUT2D eigenvalue weighted by atomic mass is 32.2. The van der Waals surface area contributed by atoms with Crippen LogP contribution in [-0.4, -0.2) is 32.7 Å². The Labute approximate surface area is 120 Å². The van der Waals surface area contributed by atoms with Gasteiger partial charge in [0.1, 0.15) is 0 Å². The molecule has 0 amide bonds. The van der Waals surface area contributed by atoms with Gasteiger partial charge in [-0.05, 0) is 38.6 Å². The first-order valence-electron chi connectivity index (χ1n) is 6.51. The van der Waals surface area contributed by atoms with E-state index in [-0.39, 0.29) is 4.90 Å². The number of hydrogen-bond acceptors (Lipinski definition) is 5. The first-order chi connectivity index (χ1) is 9.22. The van der Waals surface area contributed by atoms with Crippen LogP contribution in [0.1, 0.15) is 26.7 Å². The van der Waals surface area contributed by atoms with Crippen LogP contribution in [0.3, 0.4) is 0 Å². The van der Waals surface area contributed by atoms with Crippen molar-refractivity contribution in [2.45, 2.75) is 37.2 Å². The number of hydrogen-bond donors (Lipinski definition) is 4. The molecule has 0 saturated carbocycles. The third-order valence-electron chi connectivity index (χ3n) is 3.05. The minimum Gasteiger partial charge on any atom is -0.397 e. The quantitative estimate of drug-likeness (QED) is 0.565. The number of nitrogens with two attached hydrogens (primary N) is 1. The maximum absolute atomic E-state index is 11.7. The summed E-state index contributed by atoms with van der Waals surface area (Å²) in [5, 5.41) is 13.1. The fraction of sp³-hybridized carbons (Fsp3) is 0.538. The lowest BCUT2D eigenvalue weighted by Gasteiger charge is -2.24. The van der Waals surface area contributed by atoms with Crippen LogP contribution in [0.4, 0.5) is 11.4 Å². The summed E-state index contributed by atoms with van der Waals surface area (Å²) < 4.78 is 25.7. The summed E-state index contributed by atoms with van der Waals surface area (Å²) in [6.07, 6.45) is 1.51. The maximum Gasteiger partial charge on any atom is 0.240 e. The van der Waals surface area contributed by atoms with E-state index < -0.39 is 15.6 Å². The molecule has 0 aliphatic carbocycles. The summed E-state index contributed by atoms with van der Waals surface area (Å²) in [5.41, 5.74) is 5.89. The normalized spacial score (nSPS) is 14.8. The van der Waals surface area contributed by atoms with Gasteiger partial charge in [0.05, 0.1) is 21.9 Å². The van der Waals surface area contributed by atoms with Crippen molar-refractivity contribution >= 4 is 21.4 Å². The van der Waals surface area contributed by atoms with Gasteiger partial charge in [-0.25, -0.2) is 13.1 Å². The zero-order chi connectivity index (χ0) is 15.4. The standard InChI is InChI=1S/C13H23N3O3S/c1-4-7-13(2,17)9-16-12-8-10(5-6-11(12)14)20(18,19)15-3/h5-6,8,15-17H,4,7,9,14H2,1-3H3. The van der Waals surface area contributed by atoms with E-state index in [1.807, 2.05) is 6.92 Å². The number of anilines is 2. The van der Waals surface area contributed by atoms with E-state index >= 15 is 0 Å². The Hall–Kier alpha value is -1.31.